The van der Waals surface area contributed by atoms with Gasteiger partial charge in [-0.05, 0) is 60.2 Å². The SMILES string of the molecule is CSc1ccc(CCNC(=O)c2ccc(C[S@@](=O)Cc3ccc(Cl)cc3)o2)cc1. The summed E-state index contributed by atoms with van der Waals surface area (Å²) in [4.78, 5) is 13.5. The number of furan rings is 1. The van der Waals surface area contributed by atoms with Crippen LogP contribution in [0.1, 0.15) is 27.4 Å². The van der Waals surface area contributed by atoms with Crippen molar-refractivity contribution in [3.05, 3.63) is 88.3 Å². The zero-order valence-corrected chi connectivity index (χ0v) is 18.4. The van der Waals surface area contributed by atoms with Crippen LogP contribution in [-0.4, -0.2) is 22.9 Å². The molecule has 1 N–H and O–H groups in total. The third-order valence-corrected chi connectivity index (χ3v) is 6.55. The molecule has 1 amide bonds. The second kappa shape index (κ2) is 10.7. The summed E-state index contributed by atoms with van der Waals surface area (Å²) in [5.41, 5.74) is 2.11. The van der Waals surface area contributed by atoms with E-state index in [1.54, 1.807) is 36.0 Å². The van der Waals surface area contributed by atoms with Crippen molar-refractivity contribution in [2.24, 2.45) is 0 Å². The van der Waals surface area contributed by atoms with E-state index in [2.05, 4.69) is 29.6 Å². The number of benzene rings is 2. The van der Waals surface area contributed by atoms with Gasteiger partial charge in [0.1, 0.15) is 5.76 Å². The first-order valence-corrected chi connectivity index (χ1v) is 12.2. The van der Waals surface area contributed by atoms with Crippen LogP contribution in [-0.2, 0) is 28.7 Å². The van der Waals surface area contributed by atoms with Crippen molar-refractivity contribution in [3.63, 3.8) is 0 Å². The highest BCUT2D eigenvalue weighted by Gasteiger charge is 2.13. The maximum absolute atomic E-state index is 12.3. The Labute approximate surface area is 182 Å². The van der Waals surface area contributed by atoms with Crippen molar-refractivity contribution in [2.75, 3.05) is 12.8 Å². The van der Waals surface area contributed by atoms with Gasteiger partial charge >= 0.3 is 0 Å². The molecular weight excluding hydrogens is 426 g/mol. The van der Waals surface area contributed by atoms with E-state index in [1.807, 2.05) is 18.4 Å². The third kappa shape index (κ3) is 6.77. The number of halogens is 1. The Morgan fingerprint density at radius 2 is 1.69 bits per heavy atom. The van der Waals surface area contributed by atoms with Crippen LogP contribution in [0.2, 0.25) is 5.02 Å². The number of nitrogens with one attached hydrogen (secondary N) is 1. The van der Waals surface area contributed by atoms with E-state index in [9.17, 15) is 9.00 Å². The molecule has 29 heavy (non-hydrogen) atoms. The minimum Gasteiger partial charge on any atom is -0.455 e. The van der Waals surface area contributed by atoms with Crippen LogP contribution < -0.4 is 5.32 Å². The lowest BCUT2D eigenvalue weighted by molar-refractivity contribution is 0.0925. The molecule has 0 fully saturated rings. The predicted molar refractivity (Wildman–Crippen MR) is 120 cm³/mol. The maximum Gasteiger partial charge on any atom is 0.287 e. The van der Waals surface area contributed by atoms with Gasteiger partial charge in [-0.2, -0.15) is 0 Å². The quantitative estimate of drug-likeness (QED) is 0.465. The van der Waals surface area contributed by atoms with E-state index < -0.39 is 10.8 Å². The van der Waals surface area contributed by atoms with Crippen molar-refractivity contribution in [1.82, 2.24) is 5.32 Å². The highest BCUT2D eigenvalue weighted by atomic mass is 35.5. The molecule has 0 spiro atoms. The van der Waals surface area contributed by atoms with Crippen LogP contribution in [0.25, 0.3) is 0 Å². The van der Waals surface area contributed by atoms with E-state index in [0.29, 0.717) is 23.1 Å². The number of amides is 1. The smallest absolute Gasteiger partial charge is 0.287 e. The summed E-state index contributed by atoms with van der Waals surface area (Å²) in [6.07, 6.45) is 2.79. The van der Waals surface area contributed by atoms with E-state index >= 15 is 0 Å². The summed E-state index contributed by atoms with van der Waals surface area (Å²) in [5, 5.41) is 3.51. The Morgan fingerprint density at radius 3 is 2.38 bits per heavy atom. The second-order valence-corrected chi connectivity index (χ2v) is 9.25. The molecule has 0 aliphatic heterocycles. The molecule has 1 heterocycles. The maximum atomic E-state index is 12.3. The van der Waals surface area contributed by atoms with E-state index in [1.165, 1.54) is 10.5 Å². The molecule has 0 radical (unpaired) electrons. The molecule has 0 bridgehead atoms. The van der Waals surface area contributed by atoms with Crippen molar-refractivity contribution in [1.29, 1.82) is 0 Å². The fourth-order valence-corrected chi connectivity index (χ4v) is 4.43. The molecule has 0 saturated carbocycles. The van der Waals surface area contributed by atoms with Gasteiger partial charge in [-0.3, -0.25) is 9.00 Å². The fraction of sp³-hybridized carbons (Fsp3) is 0.227. The molecule has 1 aromatic heterocycles. The van der Waals surface area contributed by atoms with Crippen molar-refractivity contribution in [2.45, 2.75) is 22.8 Å². The zero-order valence-electron chi connectivity index (χ0n) is 16.0. The zero-order chi connectivity index (χ0) is 20.6. The minimum absolute atomic E-state index is 0.237. The highest BCUT2D eigenvalue weighted by Crippen LogP contribution is 2.16. The average Bonchev–Trinajstić information content (AvgIpc) is 3.18. The minimum atomic E-state index is -1.13. The molecule has 0 aliphatic rings. The van der Waals surface area contributed by atoms with Gasteiger partial charge in [0.25, 0.3) is 5.91 Å². The number of rotatable bonds is 9. The molecule has 3 rings (SSSR count). The van der Waals surface area contributed by atoms with Gasteiger partial charge in [0, 0.05) is 33.0 Å². The number of hydrogen-bond acceptors (Lipinski definition) is 4. The van der Waals surface area contributed by atoms with Gasteiger partial charge in [0.05, 0.1) is 5.75 Å². The molecule has 3 aromatic rings. The number of thioether (sulfide) groups is 1. The van der Waals surface area contributed by atoms with Crippen LogP contribution in [0.15, 0.2) is 70.0 Å². The van der Waals surface area contributed by atoms with Crippen LogP contribution in [0, 0.1) is 0 Å². The average molecular weight is 448 g/mol. The fourth-order valence-electron chi connectivity index (χ4n) is 2.75. The molecule has 7 heteroatoms. The topological polar surface area (TPSA) is 59.3 Å². The molecular formula is C22H22ClNO3S2. The molecule has 1 atom stereocenters. The monoisotopic (exact) mass is 447 g/mol. The molecule has 152 valence electrons. The van der Waals surface area contributed by atoms with Gasteiger partial charge < -0.3 is 9.73 Å². The van der Waals surface area contributed by atoms with Crippen LogP contribution in [0.3, 0.4) is 0 Å². The first-order valence-electron chi connectivity index (χ1n) is 9.13. The third-order valence-electron chi connectivity index (χ3n) is 4.29. The first-order chi connectivity index (χ1) is 14.0. The molecule has 0 unspecified atom stereocenters. The summed E-state index contributed by atoms with van der Waals surface area (Å²) < 4.78 is 17.9. The molecule has 4 nitrogen and oxygen atoms in total. The van der Waals surface area contributed by atoms with Gasteiger partial charge in [0.15, 0.2) is 5.76 Å². The normalized spacial score (nSPS) is 11.9. The molecule has 0 saturated heterocycles. The largest absolute Gasteiger partial charge is 0.455 e. The number of carbonyl (C=O) groups excluding carboxylic acids is 1. The van der Waals surface area contributed by atoms with Crippen molar-refractivity contribution in [3.8, 4) is 0 Å². The van der Waals surface area contributed by atoms with Gasteiger partial charge in [0.2, 0.25) is 0 Å². The summed E-state index contributed by atoms with van der Waals surface area (Å²) in [6, 6.07) is 18.9. The van der Waals surface area contributed by atoms with Crippen molar-refractivity contribution < 1.29 is 13.4 Å². The lowest BCUT2D eigenvalue weighted by atomic mass is 10.1. The van der Waals surface area contributed by atoms with Gasteiger partial charge in [-0.25, -0.2) is 0 Å². The summed E-state index contributed by atoms with van der Waals surface area (Å²) in [6.45, 7) is 0.524. The summed E-state index contributed by atoms with van der Waals surface area (Å²) >= 11 is 7.57. The lowest BCUT2D eigenvalue weighted by Crippen LogP contribution is -2.25. The Balaban J connectivity index is 1.46. The molecule has 2 aromatic carbocycles. The number of hydrogen-bond donors (Lipinski definition) is 1. The van der Waals surface area contributed by atoms with Crippen LogP contribution in [0.4, 0.5) is 0 Å². The van der Waals surface area contributed by atoms with E-state index in [-0.39, 0.29) is 17.4 Å². The Bertz CT molecular complexity index is 968. The van der Waals surface area contributed by atoms with E-state index in [4.69, 9.17) is 16.0 Å². The van der Waals surface area contributed by atoms with Gasteiger partial charge in [-0.15, -0.1) is 11.8 Å². The predicted octanol–water partition coefficient (Wildman–Crippen LogP) is 5.08. The Kier molecular flexibility index (Phi) is 7.98. The van der Waals surface area contributed by atoms with Crippen LogP contribution in [0.5, 0.6) is 0 Å². The Hall–Kier alpha value is -2.02. The lowest BCUT2D eigenvalue weighted by Gasteiger charge is -2.05. The highest BCUT2D eigenvalue weighted by molar-refractivity contribution is 7.98. The van der Waals surface area contributed by atoms with Crippen LogP contribution >= 0.6 is 23.4 Å². The first kappa shape index (κ1) is 21.7. The summed E-state index contributed by atoms with van der Waals surface area (Å²) in [7, 11) is -1.13. The van der Waals surface area contributed by atoms with Crippen molar-refractivity contribution >= 4 is 40.1 Å². The van der Waals surface area contributed by atoms with Gasteiger partial charge in [-0.1, -0.05) is 35.9 Å². The Morgan fingerprint density at radius 1 is 1.00 bits per heavy atom. The standard InChI is InChI=1S/C22H22ClNO3S2/c1-28-20-9-4-16(5-10-20)12-13-24-22(25)21-11-8-19(27-21)15-29(26)14-17-2-6-18(23)7-3-17/h2-11H,12-15H2,1H3,(H,24,25)/t29-/m0/s1. The van der Waals surface area contributed by atoms with E-state index in [0.717, 1.165) is 12.0 Å². The number of carbonyl (C=O) groups is 1. The summed E-state index contributed by atoms with van der Waals surface area (Å²) in [5.74, 6) is 1.18. The molecule has 0 aliphatic carbocycles. The second-order valence-electron chi connectivity index (χ2n) is 6.47.